The van der Waals surface area contributed by atoms with E-state index in [2.05, 4.69) is 22.1 Å². The smallest absolute Gasteiger partial charge is 0.322 e. The quantitative estimate of drug-likeness (QED) is 0.635. The molecule has 31 heavy (non-hydrogen) atoms. The molecule has 4 rings (SSSR count). The molecule has 3 aromatic rings. The molecule has 7 nitrogen and oxygen atoms in total. The monoisotopic (exact) mass is 421 g/mol. The molecule has 1 atom stereocenters. The Balaban J connectivity index is 1.62. The van der Waals surface area contributed by atoms with Crippen molar-refractivity contribution in [3.8, 4) is 17.2 Å². The van der Waals surface area contributed by atoms with E-state index in [4.69, 9.17) is 14.2 Å². The van der Waals surface area contributed by atoms with Crippen molar-refractivity contribution in [2.24, 2.45) is 0 Å². The molecule has 0 fully saturated rings. The lowest BCUT2D eigenvalue weighted by molar-refractivity contribution is 0.182. The molecule has 1 aromatic heterocycles. The Hall–Kier alpha value is -3.61. The second kappa shape index (κ2) is 9.04. The SMILES string of the molecule is CCOc1ccc([C@@H]2c3cccn3CCN2C(=O)Nc2ccc(OC)c(OC)c2)cc1. The van der Waals surface area contributed by atoms with Crippen LogP contribution in [-0.2, 0) is 6.54 Å². The molecule has 0 spiro atoms. The summed E-state index contributed by atoms with van der Waals surface area (Å²) in [4.78, 5) is 15.2. The van der Waals surface area contributed by atoms with Gasteiger partial charge in [0, 0.05) is 36.7 Å². The van der Waals surface area contributed by atoms with E-state index in [1.54, 1.807) is 32.4 Å². The van der Waals surface area contributed by atoms with Crippen LogP contribution in [0.25, 0.3) is 0 Å². The van der Waals surface area contributed by atoms with Gasteiger partial charge in [0.2, 0.25) is 0 Å². The second-order valence-corrected chi connectivity index (χ2v) is 7.22. The molecule has 2 amide bonds. The number of hydrogen-bond acceptors (Lipinski definition) is 4. The summed E-state index contributed by atoms with van der Waals surface area (Å²) in [5.41, 5.74) is 2.76. The highest BCUT2D eigenvalue weighted by atomic mass is 16.5. The van der Waals surface area contributed by atoms with Gasteiger partial charge >= 0.3 is 6.03 Å². The summed E-state index contributed by atoms with van der Waals surface area (Å²) in [6.07, 6.45) is 2.06. The van der Waals surface area contributed by atoms with Gasteiger partial charge in [0.1, 0.15) is 5.75 Å². The topological polar surface area (TPSA) is 65.0 Å². The first-order valence-corrected chi connectivity index (χ1v) is 10.3. The zero-order chi connectivity index (χ0) is 21.8. The maximum atomic E-state index is 13.3. The summed E-state index contributed by atoms with van der Waals surface area (Å²) in [7, 11) is 3.16. The van der Waals surface area contributed by atoms with Crippen LogP contribution in [0.2, 0.25) is 0 Å². The molecule has 7 heteroatoms. The average Bonchev–Trinajstić information content (AvgIpc) is 3.28. The van der Waals surface area contributed by atoms with Gasteiger partial charge in [0.25, 0.3) is 0 Å². The van der Waals surface area contributed by atoms with Crippen molar-refractivity contribution in [2.45, 2.75) is 19.5 Å². The number of carbonyl (C=O) groups is 1. The third-order valence-corrected chi connectivity index (χ3v) is 5.44. The zero-order valence-electron chi connectivity index (χ0n) is 18.0. The summed E-state index contributed by atoms with van der Waals surface area (Å²) >= 11 is 0. The lowest BCUT2D eigenvalue weighted by Crippen LogP contribution is -2.44. The molecule has 162 valence electrons. The molecule has 1 aliphatic rings. The highest BCUT2D eigenvalue weighted by Crippen LogP contribution is 2.35. The van der Waals surface area contributed by atoms with E-state index in [-0.39, 0.29) is 12.1 Å². The van der Waals surface area contributed by atoms with E-state index in [0.717, 1.165) is 23.6 Å². The van der Waals surface area contributed by atoms with E-state index in [1.165, 1.54) is 0 Å². The van der Waals surface area contributed by atoms with E-state index in [1.807, 2.05) is 42.2 Å². The minimum Gasteiger partial charge on any atom is -0.494 e. The number of methoxy groups -OCH3 is 2. The summed E-state index contributed by atoms with van der Waals surface area (Å²) in [5, 5.41) is 3.01. The first-order chi connectivity index (χ1) is 15.1. The number of rotatable bonds is 6. The van der Waals surface area contributed by atoms with Crippen molar-refractivity contribution in [1.82, 2.24) is 9.47 Å². The molecule has 0 saturated carbocycles. The lowest BCUT2D eigenvalue weighted by atomic mass is 10.00. The molecule has 0 bridgehead atoms. The van der Waals surface area contributed by atoms with Crippen LogP contribution < -0.4 is 19.5 Å². The zero-order valence-corrected chi connectivity index (χ0v) is 18.0. The van der Waals surface area contributed by atoms with Gasteiger partial charge in [0.05, 0.1) is 26.9 Å². The Morgan fingerprint density at radius 2 is 1.81 bits per heavy atom. The van der Waals surface area contributed by atoms with Crippen LogP contribution in [0.15, 0.2) is 60.8 Å². The van der Waals surface area contributed by atoms with E-state index in [0.29, 0.717) is 30.3 Å². The van der Waals surface area contributed by atoms with Gasteiger partial charge in [-0.3, -0.25) is 0 Å². The van der Waals surface area contributed by atoms with Crippen molar-refractivity contribution < 1.29 is 19.0 Å². The maximum Gasteiger partial charge on any atom is 0.322 e. The summed E-state index contributed by atoms with van der Waals surface area (Å²) in [6, 6.07) is 17.0. The van der Waals surface area contributed by atoms with Gasteiger partial charge in [-0.1, -0.05) is 12.1 Å². The summed E-state index contributed by atoms with van der Waals surface area (Å²) < 4.78 is 18.4. The minimum atomic E-state index is -0.195. The highest BCUT2D eigenvalue weighted by molar-refractivity contribution is 5.90. The molecule has 2 heterocycles. The number of aromatic nitrogens is 1. The van der Waals surface area contributed by atoms with Crippen LogP contribution in [0.5, 0.6) is 17.2 Å². The fourth-order valence-electron chi connectivity index (χ4n) is 3.98. The van der Waals surface area contributed by atoms with Crippen molar-refractivity contribution in [3.63, 3.8) is 0 Å². The molecule has 2 aromatic carbocycles. The van der Waals surface area contributed by atoms with Crippen molar-refractivity contribution in [2.75, 3.05) is 32.7 Å². The number of hydrogen-bond donors (Lipinski definition) is 1. The number of anilines is 1. The number of ether oxygens (including phenoxy) is 3. The van der Waals surface area contributed by atoms with E-state index >= 15 is 0 Å². The third-order valence-electron chi connectivity index (χ3n) is 5.44. The number of urea groups is 1. The molecular weight excluding hydrogens is 394 g/mol. The second-order valence-electron chi connectivity index (χ2n) is 7.22. The number of amides is 2. The third kappa shape index (κ3) is 4.17. The fourth-order valence-corrected chi connectivity index (χ4v) is 3.98. The Kier molecular flexibility index (Phi) is 6.02. The number of carbonyl (C=O) groups excluding carboxylic acids is 1. The van der Waals surface area contributed by atoms with Crippen LogP contribution in [0, 0.1) is 0 Å². The first kappa shape index (κ1) is 20.7. The Bertz CT molecular complexity index is 1050. The van der Waals surface area contributed by atoms with Gasteiger partial charge in [-0.05, 0) is 48.9 Å². The number of nitrogens with one attached hydrogen (secondary N) is 1. The molecule has 0 unspecified atom stereocenters. The molecule has 0 radical (unpaired) electrons. The van der Waals surface area contributed by atoms with Crippen molar-refractivity contribution in [1.29, 1.82) is 0 Å². The molecule has 0 aliphatic carbocycles. The Morgan fingerprint density at radius 3 is 2.52 bits per heavy atom. The van der Waals surface area contributed by atoms with Gasteiger partial charge < -0.3 is 29.0 Å². The van der Waals surface area contributed by atoms with Gasteiger partial charge in [-0.15, -0.1) is 0 Å². The normalized spacial score (nSPS) is 15.2. The first-order valence-electron chi connectivity index (χ1n) is 10.3. The summed E-state index contributed by atoms with van der Waals surface area (Å²) in [6.45, 7) is 3.92. The van der Waals surface area contributed by atoms with Crippen molar-refractivity contribution >= 4 is 11.7 Å². The van der Waals surface area contributed by atoms with Crippen LogP contribution in [0.4, 0.5) is 10.5 Å². The molecule has 1 aliphatic heterocycles. The number of nitrogens with zero attached hydrogens (tertiary/aromatic N) is 2. The largest absolute Gasteiger partial charge is 0.494 e. The van der Waals surface area contributed by atoms with Crippen LogP contribution >= 0.6 is 0 Å². The fraction of sp³-hybridized carbons (Fsp3) is 0.292. The minimum absolute atomic E-state index is 0.168. The molecular formula is C24H27N3O4. The predicted octanol–water partition coefficient (Wildman–Crippen LogP) is 4.54. The Labute approximate surface area is 182 Å². The predicted molar refractivity (Wildman–Crippen MR) is 119 cm³/mol. The average molecular weight is 421 g/mol. The highest BCUT2D eigenvalue weighted by Gasteiger charge is 2.32. The number of benzene rings is 2. The standard InChI is InChI=1S/C24H27N3O4/c1-4-31-19-10-7-17(8-11-19)23-20-6-5-13-26(20)14-15-27(23)24(28)25-18-9-12-21(29-2)22(16-18)30-3/h5-13,16,23H,4,14-15H2,1-3H3,(H,25,28)/t23-/m1/s1. The molecule has 0 saturated heterocycles. The van der Waals surface area contributed by atoms with Gasteiger partial charge in [0.15, 0.2) is 11.5 Å². The van der Waals surface area contributed by atoms with Gasteiger partial charge in [-0.25, -0.2) is 4.79 Å². The number of fused-ring (bicyclic) bond motifs is 1. The van der Waals surface area contributed by atoms with E-state index < -0.39 is 0 Å². The summed E-state index contributed by atoms with van der Waals surface area (Å²) in [5.74, 6) is 2.00. The Morgan fingerprint density at radius 1 is 1.03 bits per heavy atom. The van der Waals surface area contributed by atoms with Crippen LogP contribution in [-0.4, -0.2) is 42.9 Å². The maximum absolute atomic E-state index is 13.3. The van der Waals surface area contributed by atoms with Crippen molar-refractivity contribution in [3.05, 3.63) is 72.1 Å². The van der Waals surface area contributed by atoms with E-state index in [9.17, 15) is 4.79 Å². The van der Waals surface area contributed by atoms with Crippen LogP contribution in [0.3, 0.4) is 0 Å². The lowest BCUT2D eigenvalue weighted by Gasteiger charge is -2.37. The van der Waals surface area contributed by atoms with Gasteiger partial charge in [-0.2, -0.15) is 0 Å². The molecule has 1 N–H and O–H groups in total. The van der Waals surface area contributed by atoms with Crippen LogP contribution in [0.1, 0.15) is 24.2 Å².